The van der Waals surface area contributed by atoms with Crippen LogP contribution >= 0.6 is 0 Å². The molecule has 0 fully saturated rings. The molecule has 0 amide bonds. The average molecular weight is 206 g/mol. The zero-order valence-electron chi connectivity index (χ0n) is 8.61. The lowest BCUT2D eigenvalue weighted by Crippen LogP contribution is -2.25. The minimum Gasteiger partial charge on any atom is -0.264 e. The highest BCUT2D eigenvalue weighted by Gasteiger charge is 2.35. The van der Waals surface area contributed by atoms with Gasteiger partial charge >= 0.3 is 6.18 Å². The van der Waals surface area contributed by atoms with Crippen LogP contribution in [0, 0.1) is 6.92 Å². The largest absolute Gasteiger partial charge is 0.435 e. The molecule has 0 bridgehead atoms. The van der Waals surface area contributed by atoms with Crippen molar-refractivity contribution in [3.8, 4) is 0 Å². The molecule has 1 aromatic heterocycles. The highest BCUT2D eigenvalue weighted by molar-refractivity contribution is 5.13. The van der Waals surface area contributed by atoms with Gasteiger partial charge in [-0.2, -0.15) is 18.3 Å². The number of alkyl halides is 3. The van der Waals surface area contributed by atoms with Crippen LogP contribution in [-0.4, -0.2) is 9.78 Å². The summed E-state index contributed by atoms with van der Waals surface area (Å²) < 4.78 is 38.3. The van der Waals surface area contributed by atoms with Crippen molar-refractivity contribution in [2.75, 3.05) is 0 Å². The van der Waals surface area contributed by atoms with Crippen LogP contribution in [0.2, 0.25) is 0 Å². The Kier molecular flexibility index (Phi) is 2.37. The first kappa shape index (κ1) is 11.1. The molecule has 0 unspecified atom stereocenters. The molecule has 0 radical (unpaired) electrons. The number of hydrogen-bond acceptors (Lipinski definition) is 1. The van der Waals surface area contributed by atoms with E-state index in [0.717, 1.165) is 6.07 Å². The molecule has 1 heterocycles. The minimum atomic E-state index is -4.36. The molecule has 1 rings (SSSR count). The van der Waals surface area contributed by atoms with Crippen LogP contribution in [0.4, 0.5) is 13.2 Å². The van der Waals surface area contributed by atoms with E-state index in [1.165, 1.54) is 4.68 Å². The van der Waals surface area contributed by atoms with Gasteiger partial charge in [-0.15, -0.1) is 0 Å². The maximum Gasteiger partial charge on any atom is 0.435 e. The minimum absolute atomic E-state index is 0.423. The Morgan fingerprint density at radius 1 is 1.21 bits per heavy atom. The Morgan fingerprint density at radius 2 is 1.71 bits per heavy atom. The second-order valence-corrected chi connectivity index (χ2v) is 4.25. The summed E-state index contributed by atoms with van der Waals surface area (Å²) in [5.74, 6) is 0. The lowest BCUT2D eigenvalue weighted by Gasteiger charge is -2.21. The van der Waals surface area contributed by atoms with Gasteiger partial charge in [0.2, 0.25) is 0 Å². The summed E-state index contributed by atoms with van der Waals surface area (Å²) in [6.07, 6.45) is -4.36. The number of halogens is 3. The van der Waals surface area contributed by atoms with E-state index in [9.17, 15) is 13.2 Å². The molecular formula is C9H13F3N2. The summed E-state index contributed by atoms with van der Waals surface area (Å²) in [7, 11) is 0. The van der Waals surface area contributed by atoms with Crippen molar-refractivity contribution in [3.63, 3.8) is 0 Å². The molecule has 1 aromatic rings. The summed E-state index contributed by atoms with van der Waals surface area (Å²) in [5, 5.41) is 3.54. The normalized spacial score (nSPS) is 13.4. The maximum atomic E-state index is 12.3. The van der Waals surface area contributed by atoms with Crippen LogP contribution in [0.15, 0.2) is 6.07 Å². The lowest BCUT2D eigenvalue weighted by molar-refractivity contribution is -0.141. The van der Waals surface area contributed by atoms with Crippen molar-refractivity contribution < 1.29 is 13.2 Å². The smallest absolute Gasteiger partial charge is 0.264 e. The molecule has 0 spiro atoms. The lowest BCUT2D eigenvalue weighted by atomic mass is 10.1. The fraction of sp³-hybridized carbons (Fsp3) is 0.667. The summed E-state index contributed by atoms with van der Waals surface area (Å²) in [6.45, 7) is 7.06. The Bertz CT molecular complexity index is 331. The molecular weight excluding hydrogens is 193 g/mol. The zero-order chi connectivity index (χ0) is 11.1. The van der Waals surface area contributed by atoms with Crippen LogP contribution < -0.4 is 0 Å². The molecule has 2 nitrogen and oxygen atoms in total. The van der Waals surface area contributed by atoms with E-state index in [2.05, 4.69) is 5.10 Å². The van der Waals surface area contributed by atoms with E-state index in [0.29, 0.717) is 5.69 Å². The third-order valence-electron chi connectivity index (χ3n) is 1.81. The van der Waals surface area contributed by atoms with Gasteiger partial charge in [-0.25, -0.2) is 0 Å². The fourth-order valence-electron chi connectivity index (χ4n) is 1.29. The summed E-state index contributed by atoms with van der Waals surface area (Å²) in [4.78, 5) is 0. The Hall–Kier alpha value is -1.00. The summed E-state index contributed by atoms with van der Waals surface area (Å²) in [6, 6.07) is 1.06. The van der Waals surface area contributed by atoms with E-state index >= 15 is 0 Å². The quantitative estimate of drug-likeness (QED) is 0.638. The van der Waals surface area contributed by atoms with Crippen LogP contribution in [-0.2, 0) is 11.7 Å². The highest BCUT2D eigenvalue weighted by Crippen LogP contribution is 2.30. The van der Waals surface area contributed by atoms with Gasteiger partial charge in [-0.3, -0.25) is 4.68 Å². The first-order valence-corrected chi connectivity index (χ1v) is 4.27. The van der Waals surface area contributed by atoms with E-state index in [4.69, 9.17) is 0 Å². The van der Waals surface area contributed by atoms with E-state index in [-0.39, 0.29) is 0 Å². The Morgan fingerprint density at radius 3 is 1.93 bits per heavy atom. The monoisotopic (exact) mass is 206 g/mol. The second kappa shape index (κ2) is 3.00. The van der Waals surface area contributed by atoms with Crippen molar-refractivity contribution in [2.45, 2.75) is 39.4 Å². The first-order chi connectivity index (χ1) is 6.12. The number of aryl methyl sites for hydroxylation is 1. The Labute approximate surface area is 80.7 Å². The molecule has 14 heavy (non-hydrogen) atoms. The highest BCUT2D eigenvalue weighted by atomic mass is 19.4. The molecule has 0 saturated heterocycles. The molecule has 5 heteroatoms. The third-order valence-corrected chi connectivity index (χ3v) is 1.81. The first-order valence-electron chi connectivity index (χ1n) is 4.27. The molecule has 0 N–H and O–H groups in total. The second-order valence-electron chi connectivity index (χ2n) is 4.25. The van der Waals surface area contributed by atoms with Gasteiger partial charge in [0.1, 0.15) is 0 Å². The molecule has 0 aliphatic rings. The van der Waals surface area contributed by atoms with Crippen molar-refractivity contribution in [3.05, 3.63) is 17.5 Å². The van der Waals surface area contributed by atoms with Crippen LogP contribution in [0.5, 0.6) is 0 Å². The van der Waals surface area contributed by atoms with Crippen molar-refractivity contribution in [1.29, 1.82) is 0 Å². The van der Waals surface area contributed by atoms with Crippen molar-refractivity contribution >= 4 is 0 Å². The standard InChI is InChI=1S/C9H13F3N2/c1-6-5-7(9(10,11)12)13-14(6)8(2,3)4/h5H,1-4H3. The van der Waals surface area contributed by atoms with Gasteiger partial charge in [0.25, 0.3) is 0 Å². The van der Waals surface area contributed by atoms with Gasteiger partial charge < -0.3 is 0 Å². The maximum absolute atomic E-state index is 12.3. The molecule has 0 saturated carbocycles. The van der Waals surface area contributed by atoms with Gasteiger partial charge in [0.15, 0.2) is 5.69 Å². The van der Waals surface area contributed by atoms with Gasteiger partial charge in [0.05, 0.1) is 5.54 Å². The van der Waals surface area contributed by atoms with Gasteiger partial charge in [0, 0.05) is 5.69 Å². The fourth-order valence-corrected chi connectivity index (χ4v) is 1.29. The van der Waals surface area contributed by atoms with Crippen molar-refractivity contribution in [1.82, 2.24) is 9.78 Å². The number of rotatable bonds is 0. The Balaban J connectivity index is 3.19. The molecule has 0 aromatic carbocycles. The SMILES string of the molecule is Cc1cc(C(F)(F)F)nn1C(C)(C)C. The van der Waals surface area contributed by atoms with Crippen LogP contribution in [0.1, 0.15) is 32.2 Å². The van der Waals surface area contributed by atoms with Gasteiger partial charge in [-0.05, 0) is 33.8 Å². The van der Waals surface area contributed by atoms with E-state index in [1.54, 1.807) is 6.92 Å². The summed E-state index contributed by atoms with van der Waals surface area (Å²) >= 11 is 0. The van der Waals surface area contributed by atoms with E-state index in [1.807, 2.05) is 20.8 Å². The van der Waals surface area contributed by atoms with Crippen LogP contribution in [0.25, 0.3) is 0 Å². The molecule has 0 aliphatic carbocycles. The predicted octanol–water partition coefficient (Wildman–Crippen LogP) is 2.97. The molecule has 0 aliphatic heterocycles. The molecule has 0 atom stereocenters. The van der Waals surface area contributed by atoms with Gasteiger partial charge in [-0.1, -0.05) is 0 Å². The zero-order valence-corrected chi connectivity index (χ0v) is 8.61. The average Bonchev–Trinajstić information content (AvgIpc) is 2.27. The number of nitrogens with zero attached hydrogens (tertiary/aromatic N) is 2. The number of aromatic nitrogens is 2. The van der Waals surface area contributed by atoms with Crippen LogP contribution in [0.3, 0.4) is 0 Å². The predicted molar refractivity (Wildman–Crippen MR) is 47.0 cm³/mol. The summed E-state index contributed by atoms with van der Waals surface area (Å²) in [5.41, 5.74) is -0.733. The van der Waals surface area contributed by atoms with Crippen molar-refractivity contribution in [2.24, 2.45) is 0 Å². The topological polar surface area (TPSA) is 17.8 Å². The van der Waals surface area contributed by atoms with E-state index < -0.39 is 17.4 Å². The number of hydrogen-bond donors (Lipinski definition) is 0. The third kappa shape index (κ3) is 2.08. The molecule has 80 valence electrons.